The zero-order chi connectivity index (χ0) is 20.7. The van der Waals surface area contributed by atoms with Crippen molar-refractivity contribution in [3.8, 4) is 0 Å². The predicted molar refractivity (Wildman–Crippen MR) is 135 cm³/mol. The Balaban J connectivity index is 0.00000320. The molecular formula is C24H33IN4O. The van der Waals surface area contributed by atoms with Crippen molar-refractivity contribution < 1.29 is 4.79 Å². The van der Waals surface area contributed by atoms with Crippen molar-refractivity contribution in [2.45, 2.75) is 37.6 Å². The average molecular weight is 520 g/mol. The first-order chi connectivity index (χ1) is 14.0. The van der Waals surface area contributed by atoms with E-state index in [2.05, 4.69) is 46.0 Å². The summed E-state index contributed by atoms with van der Waals surface area (Å²) in [4.78, 5) is 18.0. The lowest BCUT2D eigenvalue weighted by Crippen LogP contribution is -2.44. The van der Waals surface area contributed by atoms with Gasteiger partial charge in [0.2, 0.25) is 0 Å². The van der Waals surface area contributed by atoms with Crippen molar-refractivity contribution in [3.63, 3.8) is 0 Å². The van der Waals surface area contributed by atoms with Gasteiger partial charge >= 0.3 is 0 Å². The molecule has 0 radical (unpaired) electrons. The first-order valence-corrected chi connectivity index (χ1v) is 10.3. The molecule has 2 aromatic carbocycles. The van der Waals surface area contributed by atoms with Gasteiger partial charge in [0, 0.05) is 45.2 Å². The van der Waals surface area contributed by atoms with E-state index in [1.807, 2.05) is 24.3 Å². The molecule has 0 unspecified atom stereocenters. The largest absolute Gasteiger partial charge is 0.356 e. The van der Waals surface area contributed by atoms with E-state index in [9.17, 15) is 4.79 Å². The van der Waals surface area contributed by atoms with Crippen LogP contribution in [0.25, 0.3) is 0 Å². The maximum Gasteiger partial charge on any atom is 0.253 e. The highest BCUT2D eigenvalue weighted by Gasteiger charge is 2.35. The number of halogens is 1. The number of carbonyl (C=O) groups excluding carboxylic acids is 1. The van der Waals surface area contributed by atoms with Gasteiger partial charge in [0.25, 0.3) is 5.91 Å². The van der Waals surface area contributed by atoms with Crippen LogP contribution in [0.15, 0.2) is 59.6 Å². The molecule has 1 aliphatic carbocycles. The Hall–Kier alpha value is -2.09. The maximum atomic E-state index is 12.0. The number of amides is 1. The second-order valence-electron chi connectivity index (χ2n) is 8.03. The number of rotatable bonds is 6. The van der Waals surface area contributed by atoms with Crippen LogP contribution in [0.5, 0.6) is 0 Å². The summed E-state index contributed by atoms with van der Waals surface area (Å²) in [5, 5.41) is 6.94. The highest BCUT2D eigenvalue weighted by Crippen LogP contribution is 2.40. The number of carbonyl (C=O) groups is 1. The molecule has 1 saturated carbocycles. The zero-order valence-electron chi connectivity index (χ0n) is 18.1. The molecule has 5 nitrogen and oxygen atoms in total. The fourth-order valence-electron chi connectivity index (χ4n) is 4.09. The van der Waals surface area contributed by atoms with Gasteiger partial charge in [-0.15, -0.1) is 24.0 Å². The van der Waals surface area contributed by atoms with Gasteiger partial charge in [-0.1, -0.05) is 55.3 Å². The molecule has 6 heteroatoms. The first kappa shape index (κ1) is 24.2. The fraction of sp³-hybridized carbons (Fsp3) is 0.417. The minimum absolute atomic E-state index is 0. The standard InChI is InChI=1S/C24H32N4O.HI/c1-25-23(26-17-19-11-13-20(14-12-19)22(29)28(2)3)27-18-24(15-7-8-16-24)21-9-5-4-6-10-21;/h4-6,9-14H,7-8,15-18H2,1-3H3,(H2,25,26,27);1H. The van der Waals surface area contributed by atoms with Gasteiger partial charge in [-0.3, -0.25) is 9.79 Å². The Morgan fingerprint density at radius 2 is 1.63 bits per heavy atom. The van der Waals surface area contributed by atoms with Crippen LogP contribution < -0.4 is 10.6 Å². The number of benzene rings is 2. The predicted octanol–water partition coefficient (Wildman–Crippen LogP) is 4.18. The van der Waals surface area contributed by atoms with Crippen LogP contribution in [-0.2, 0) is 12.0 Å². The zero-order valence-corrected chi connectivity index (χ0v) is 20.5. The Labute approximate surface area is 197 Å². The molecule has 0 spiro atoms. The van der Waals surface area contributed by atoms with E-state index < -0.39 is 0 Å². The van der Waals surface area contributed by atoms with E-state index in [-0.39, 0.29) is 35.3 Å². The van der Waals surface area contributed by atoms with Crippen molar-refractivity contribution in [2.24, 2.45) is 4.99 Å². The number of hydrogen-bond acceptors (Lipinski definition) is 2. The minimum Gasteiger partial charge on any atom is -0.356 e. The number of hydrogen-bond donors (Lipinski definition) is 2. The Bertz CT molecular complexity index is 828. The molecule has 2 N–H and O–H groups in total. The molecule has 1 fully saturated rings. The summed E-state index contributed by atoms with van der Waals surface area (Å²) >= 11 is 0. The number of aliphatic imine (C=N–C) groups is 1. The molecule has 0 aliphatic heterocycles. The Morgan fingerprint density at radius 1 is 1.00 bits per heavy atom. The van der Waals surface area contributed by atoms with Crippen LogP contribution in [0.1, 0.15) is 47.2 Å². The number of nitrogens with one attached hydrogen (secondary N) is 2. The Morgan fingerprint density at radius 3 is 2.20 bits per heavy atom. The van der Waals surface area contributed by atoms with Crippen molar-refractivity contribution in [1.29, 1.82) is 0 Å². The average Bonchev–Trinajstić information content (AvgIpc) is 3.24. The number of nitrogens with zero attached hydrogens (tertiary/aromatic N) is 2. The monoisotopic (exact) mass is 520 g/mol. The van der Waals surface area contributed by atoms with Gasteiger partial charge in [0.1, 0.15) is 0 Å². The second kappa shape index (κ2) is 11.3. The van der Waals surface area contributed by atoms with Crippen LogP contribution in [0, 0.1) is 0 Å². The summed E-state index contributed by atoms with van der Waals surface area (Å²) < 4.78 is 0. The lowest BCUT2D eigenvalue weighted by atomic mass is 9.79. The lowest BCUT2D eigenvalue weighted by Gasteiger charge is -2.30. The molecular weight excluding hydrogens is 487 g/mol. The van der Waals surface area contributed by atoms with Gasteiger partial charge in [-0.2, -0.15) is 0 Å². The van der Waals surface area contributed by atoms with E-state index in [0.717, 1.165) is 18.1 Å². The van der Waals surface area contributed by atoms with E-state index >= 15 is 0 Å². The van der Waals surface area contributed by atoms with Gasteiger partial charge in [0.05, 0.1) is 0 Å². The van der Waals surface area contributed by atoms with Gasteiger partial charge in [-0.05, 0) is 36.1 Å². The molecule has 3 rings (SSSR count). The molecule has 0 aromatic heterocycles. The van der Waals surface area contributed by atoms with Crippen LogP contribution in [0.3, 0.4) is 0 Å². The summed E-state index contributed by atoms with van der Waals surface area (Å²) in [6.45, 7) is 1.54. The highest BCUT2D eigenvalue weighted by atomic mass is 127. The highest BCUT2D eigenvalue weighted by molar-refractivity contribution is 14.0. The van der Waals surface area contributed by atoms with E-state index in [0.29, 0.717) is 12.1 Å². The Kier molecular flexibility index (Phi) is 9.14. The smallest absolute Gasteiger partial charge is 0.253 e. The molecule has 30 heavy (non-hydrogen) atoms. The summed E-state index contributed by atoms with van der Waals surface area (Å²) in [6.07, 6.45) is 4.98. The van der Waals surface area contributed by atoms with Crippen LogP contribution >= 0.6 is 24.0 Å². The third-order valence-electron chi connectivity index (χ3n) is 5.83. The van der Waals surface area contributed by atoms with Crippen LogP contribution in [0.4, 0.5) is 0 Å². The van der Waals surface area contributed by atoms with Crippen molar-refractivity contribution in [3.05, 3.63) is 71.3 Å². The molecule has 0 atom stereocenters. The van der Waals surface area contributed by atoms with E-state index in [4.69, 9.17) is 0 Å². The number of guanidine groups is 1. The first-order valence-electron chi connectivity index (χ1n) is 10.3. The molecule has 1 amide bonds. The SMILES string of the molecule is CN=C(NCc1ccc(C(=O)N(C)C)cc1)NCC1(c2ccccc2)CCCC1.I. The summed E-state index contributed by atoms with van der Waals surface area (Å²) in [7, 11) is 5.33. The second-order valence-corrected chi connectivity index (χ2v) is 8.03. The maximum absolute atomic E-state index is 12.0. The molecule has 0 saturated heterocycles. The third-order valence-corrected chi connectivity index (χ3v) is 5.83. The van der Waals surface area contributed by atoms with Gasteiger partial charge in [-0.25, -0.2) is 0 Å². The fourth-order valence-corrected chi connectivity index (χ4v) is 4.09. The van der Waals surface area contributed by atoms with E-state index in [1.165, 1.54) is 31.2 Å². The van der Waals surface area contributed by atoms with Gasteiger partial charge < -0.3 is 15.5 Å². The lowest BCUT2D eigenvalue weighted by molar-refractivity contribution is 0.0827. The third kappa shape index (κ3) is 5.97. The summed E-state index contributed by atoms with van der Waals surface area (Å²) in [5.74, 6) is 0.824. The molecule has 162 valence electrons. The normalized spacial score (nSPS) is 15.2. The summed E-state index contributed by atoms with van der Waals surface area (Å²) in [6, 6.07) is 18.6. The van der Waals surface area contributed by atoms with Gasteiger partial charge in [0.15, 0.2) is 5.96 Å². The molecule has 2 aromatic rings. The topological polar surface area (TPSA) is 56.7 Å². The molecule has 0 heterocycles. The molecule has 1 aliphatic rings. The van der Waals surface area contributed by atoms with Crippen molar-refractivity contribution in [1.82, 2.24) is 15.5 Å². The van der Waals surface area contributed by atoms with Crippen molar-refractivity contribution in [2.75, 3.05) is 27.7 Å². The van der Waals surface area contributed by atoms with Crippen LogP contribution in [0.2, 0.25) is 0 Å². The molecule has 0 bridgehead atoms. The quantitative estimate of drug-likeness (QED) is 0.342. The van der Waals surface area contributed by atoms with E-state index in [1.54, 1.807) is 26.0 Å². The van der Waals surface area contributed by atoms with Crippen LogP contribution in [-0.4, -0.2) is 44.5 Å². The summed E-state index contributed by atoms with van der Waals surface area (Å²) in [5.41, 5.74) is 3.42. The minimum atomic E-state index is 0. The van der Waals surface area contributed by atoms with Crippen molar-refractivity contribution >= 4 is 35.8 Å².